The van der Waals surface area contributed by atoms with Crippen molar-refractivity contribution in [2.75, 3.05) is 6.54 Å². The molecule has 1 N–H and O–H groups in total. The van der Waals surface area contributed by atoms with Gasteiger partial charge in [-0.25, -0.2) is 4.79 Å². The average Bonchev–Trinajstić information content (AvgIpc) is 3.03. The van der Waals surface area contributed by atoms with Crippen molar-refractivity contribution in [3.63, 3.8) is 0 Å². The third-order valence-electron chi connectivity index (χ3n) is 4.24. The first-order valence-corrected chi connectivity index (χ1v) is 7.70. The molecule has 23 heavy (non-hydrogen) atoms. The largest absolute Gasteiger partial charge is 0.475 e. The Hall–Kier alpha value is -2.56. The molecule has 0 saturated carbocycles. The first kappa shape index (κ1) is 15.3. The van der Waals surface area contributed by atoms with Gasteiger partial charge in [0.2, 0.25) is 5.76 Å². The van der Waals surface area contributed by atoms with E-state index in [4.69, 9.17) is 9.52 Å². The van der Waals surface area contributed by atoms with Crippen molar-refractivity contribution in [2.24, 2.45) is 0 Å². The minimum absolute atomic E-state index is 0.0749. The van der Waals surface area contributed by atoms with Crippen LogP contribution in [0.3, 0.4) is 0 Å². The summed E-state index contributed by atoms with van der Waals surface area (Å²) in [4.78, 5) is 25.1. The number of hydrogen-bond donors (Lipinski definition) is 1. The summed E-state index contributed by atoms with van der Waals surface area (Å²) in [5.74, 6) is -1.12. The van der Waals surface area contributed by atoms with E-state index in [1.165, 1.54) is 23.3 Å². The Labute approximate surface area is 134 Å². The highest BCUT2D eigenvalue weighted by molar-refractivity contribution is 5.93. The zero-order valence-electron chi connectivity index (χ0n) is 13.2. The van der Waals surface area contributed by atoms with Crippen LogP contribution < -0.4 is 0 Å². The summed E-state index contributed by atoms with van der Waals surface area (Å²) in [7, 11) is 0. The predicted octanol–water partition coefficient (Wildman–Crippen LogP) is 3.30. The molecule has 1 aromatic heterocycles. The van der Waals surface area contributed by atoms with Gasteiger partial charge in [0.15, 0.2) is 5.76 Å². The predicted molar refractivity (Wildman–Crippen MR) is 84.6 cm³/mol. The van der Waals surface area contributed by atoms with Gasteiger partial charge >= 0.3 is 5.97 Å². The van der Waals surface area contributed by atoms with Gasteiger partial charge in [-0.2, -0.15) is 0 Å². The number of carbonyl (C=O) groups excluding carboxylic acids is 1. The molecule has 5 nitrogen and oxygen atoms in total. The molecule has 0 aliphatic carbocycles. The Bertz CT molecular complexity index is 760. The summed E-state index contributed by atoms with van der Waals surface area (Å²) >= 11 is 0. The lowest BCUT2D eigenvalue weighted by atomic mass is 9.89. The quantitative estimate of drug-likeness (QED) is 0.944. The molecule has 1 aliphatic heterocycles. The van der Waals surface area contributed by atoms with Gasteiger partial charge in [0, 0.05) is 13.1 Å². The lowest BCUT2D eigenvalue weighted by Crippen LogP contribution is -2.36. The molecule has 0 radical (unpaired) electrons. The monoisotopic (exact) mass is 313 g/mol. The van der Waals surface area contributed by atoms with E-state index < -0.39 is 5.97 Å². The molecule has 0 spiro atoms. The molecule has 2 aromatic rings. The van der Waals surface area contributed by atoms with Crippen molar-refractivity contribution in [1.29, 1.82) is 0 Å². The fourth-order valence-corrected chi connectivity index (χ4v) is 3.08. The van der Waals surface area contributed by atoms with E-state index in [9.17, 15) is 9.59 Å². The van der Waals surface area contributed by atoms with E-state index in [-0.39, 0.29) is 17.4 Å². The minimum atomic E-state index is -1.17. The Morgan fingerprint density at radius 2 is 1.91 bits per heavy atom. The minimum Gasteiger partial charge on any atom is -0.475 e. The number of carboxylic acids is 1. The van der Waals surface area contributed by atoms with E-state index in [1.54, 1.807) is 4.90 Å². The number of benzene rings is 1. The number of hydrogen-bond acceptors (Lipinski definition) is 3. The first-order valence-electron chi connectivity index (χ1n) is 7.70. The van der Waals surface area contributed by atoms with Crippen LogP contribution in [0.25, 0.3) is 0 Å². The number of furan rings is 1. The lowest BCUT2D eigenvalue weighted by molar-refractivity contribution is 0.0645. The smallest absolute Gasteiger partial charge is 0.371 e. The highest BCUT2D eigenvalue weighted by Crippen LogP contribution is 2.28. The van der Waals surface area contributed by atoms with Crippen LogP contribution in [0.2, 0.25) is 0 Å². The van der Waals surface area contributed by atoms with E-state index in [1.807, 2.05) is 12.1 Å². The molecule has 0 bridgehead atoms. The van der Waals surface area contributed by atoms with Crippen LogP contribution in [0.15, 0.2) is 34.7 Å². The van der Waals surface area contributed by atoms with Crippen molar-refractivity contribution < 1.29 is 19.1 Å². The molecule has 3 rings (SSSR count). The molecular formula is C18H19NO4. The second-order valence-corrected chi connectivity index (χ2v) is 6.09. The number of carboxylic acid groups (broad SMARTS) is 1. The van der Waals surface area contributed by atoms with Crippen molar-refractivity contribution in [1.82, 2.24) is 4.90 Å². The van der Waals surface area contributed by atoms with E-state index in [2.05, 4.69) is 19.9 Å². The average molecular weight is 313 g/mol. The third-order valence-corrected chi connectivity index (χ3v) is 4.24. The van der Waals surface area contributed by atoms with Crippen LogP contribution in [0, 0.1) is 0 Å². The van der Waals surface area contributed by atoms with E-state index in [0.29, 0.717) is 19.0 Å². The van der Waals surface area contributed by atoms with Gasteiger partial charge in [0.05, 0.1) is 0 Å². The zero-order valence-corrected chi connectivity index (χ0v) is 13.2. The summed E-state index contributed by atoms with van der Waals surface area (Å²) in [6.07, 6.45) is 0.807. The molecule has 1 aliphatic rings. The fourth-order valence-electron chi connectivity index (χ4n) is 3.08. The number of aromatic carboxylic acids is 1. The van der Waals surface area contributed by atoms with Crippen LogP contribution in [0.1, 0.15) is 57.6 Å². The lowest BCUT2D eigenvalue weighted by Gasteiger charge is -2.30. The Morgan fingerprint density at radius 1 is 1.17 bits per heavy atom. The van der Waals surface area contributed by atoms with Crippen LogP contribution in [0.4, 0.5) is 0 Å². The molecule has 2 heterocycles. The van der Waals surface area contributed by atoms with Gasteiger partial charge < -0.3 is 14.4 Å². The molecule has 120 valence electrons. The molecule has 0 fully saturated rings. The second-order valence-electron chi connectivity index (χ2n) is 6.09. The van der Waals surface area contributed by atoms with Crippen molar-refractivity contribution >= 4 is 11.9 Å². The number of carbonyl (C=O) groups is 2. The van der Waals surface area contributed by atoms with Crippen molar-refractivity contribution in [3.05, 3.63) is 58.5 Å². The molecule has 5 heteroatoms. The fraction of sp³-hybridized carbons (Fsp3) is 0.333. The van der Waals surface area contributed by atoms with Crippen molar-refractivity contribution in [3.8, 4) is 0 Å². The van der Waals surface area contributed by atoms with Gasteiger partial charge in [-0.15, -0.1) is 0 Å². The number of rotatable bonds is 3. The summed E-state index contributed by atoms with van der Waals surface area (Å²) < 4.78 is 5.12. The highest BCUT2D eigenvalue weighted by Gasteiger charge is 2.26. The van der Waals surface area contributed by atoms with Crippen molar-refractivity contribution in [2.45, 2.75) is 32.7 Å². The summed E-state index contributed by atoms with van der Waals surface area (Å²) in [6, 6.07) is 8.95. The maximum atomic E-state index is 12.5. The number of nitrogens with zero attached hydrogens (tertiary/aromatic N) is 1. The standard InChI is InChI=1S/C18H19NO4/c1-11(2)13-5-3-4-12-10-19(9-8-14(12)13)17(20)15-6-7-16(23-15)18(21)22/h3-7,11H,8-10H2,1-2H3,(H,21,22). The summed E-state index contributed by atoms with van der Waals surface area (Å²) in [5.41, 5.74) is 3.82. The topological polar surface area (TPSA) is 70.8 Å². The maximum Gasteiger partial charge on any atom is 0.371 e. The van der Waals surface area contributed by atoms with Gasteiger partial charge in [0.25, 0.3) is 5.91 Å². The molecule has 1 aromatic carbocycles. The zero-order chi connectivity index (χ0) is 16.6. The maximum absolute atomic E-state index is 12.5. The van der Waals surface area contributed by atoms with E-state index in [0.717, 1.165) is 12.0 Å². The van der Waals surface area contributed by atoms with Gasteiger partial charge in [-0.05, 0) is 41.2 Å². The van der Waals surface area contributed by atoms with Gasteiger partial charge in [0.1, 0.15) is 0 Å². The normalized spacial score (nSPS) is 14.0. The van der Waals surface area contributed by atoms with E-state index >= 15 is 0 Å². The second kappa shape index (κ2) is 5.91. The van der Waals surface area contributed by atoms with Crippen LogP contribution >= 0.6 is 0 Å². The molecular weight excluding hydrogens is 294 g/mol. The molecule has 0 unspecified atom stereocenters. The summed E-state index contributed by atoms with van der Waals surface area (Å²) in [6.45, 7) is 5.48. The Balaban J connectivity index is 1.82. The number of fused-ring (bicyclic) bond motifs is 1. The van der Waals surface area contributed by atoms with Crippen LogP contribution in [0.5, 0.6) is 0 Å². The van der Waals surface area contributed by atoms with Crippen LogP contribution in [-0.4, -0.2) is 28.4 Å². The SMILES string of the molecule is CC(C)c1cccc2c1CCN(C(=O)c1ccc(C(=O)O)o1)C2. The molecule has 0 saturated heterocycles. The summed E-state index contributed by atoms with van der Waals surface area (Å²) in [5, 5.41) is 8.88. The Kier molecular flexibility index (Phi) is 3.94. The number of amides is 1. The van der Waals surface area contributed by atoms with Gasteiger partial charge in [-0.1, -0.05) is 32.0 Å². The third kappa shape index (κ3) is 2.86. The Morgan fingerprint density at radius 3 is 2.57 bits per heavy atom. The van der Waals surface area contributed by atoms with Crippen LogP contribution in [-0.2, 0) is 13.0 Å². The highest BCUT2D eigenvalue weighted by atomic mass is 16.4. The van der Waals surface area contributed by atoms with Gasteiger partial charge in [-0.3, -0.25) is 4.79 Å². The molecule has 1 amide bonds. The first-order chi connectivity index (χ1) is 11.0. The molecule has 0 atom stereocenters.